The molecule has 33 heavy (non-hydrogen) atoms. The predicted octanol–water partition coefficient (Wildman–Crippen LogP) is 1.69. The zero-order valence-corrected chi connectivity index (χ0v) is 18.0. The van der Waals surface area contributed by atoms with Gasteiger partial charge >= 0.3 is 12.1 Å². The van der Waals surface area contributed by atoms with Crippen LogP contribution < -0.4 is 21.7 Å². The number of carbonyl (C=O) groups is 4. The Morgan fingerprint density at radius 3 is 2.18 bits per heavy atom. The Kier molecular flexibility index (Phi) is 8.49. The lowest BCUT2D eigenvalue weighted by molar-refractivity contribution is -0.139. The van der Waals surface area contributed by atoms with Gasteiger partial charge in [0, 0.05) is 23.2 Å². The van der Waals surface area contributed by atoms with Gasteiger partial charge < -0.3 is 26.2 Å². The average molecular weight is 455 g/mol. The smallest absolute Gasteiger partial charge is 0.408 e. The maximum atomic E-state index is 12.5. The van der Waals surface area contributed by atoms with Crippen molar-refractivity contribution >= 4 is 35.5 Å². The second-order valence-corrected chi connectivity index (χ2v) is 7.29. The van der Waals surface area contributed by atoms with Crippen molar-refractivity contribution in [2.45, 2.75) is 32.4 Å². The lowest BCUT2D eigenvalue weighted by Gasteiger charge is -2.16. The van der Waals surface area contributed by atoms with E-state index >= 15 is 0 Å². The van der Waals surface area contributed by atoms with Crippen LogP contribution in [-0.4, -0.2) is 47.1 Å². The van der Waals surface area contributed by atoms with Crippen molar-refractivity contribution in [2.24, 2.45) is 5.73 Å². The number of carboxylic acids is 1. The number of hydrogen-bond donors (Lipinski definition) is 6. The largest absolute Gasteiger partial charge is 0.480 e. The van der Waals surface area contributed by atoms with Crippen molar-refractivity contribution in [2.75, 3.05) is 5.32 Å². The number of ether oxygens (including phenoxy) is 1. The number of amides is 3. The van der Waals surface area contributed by atoms with Crippen molar-refractivity contribution in [3.05, 3.63) is 65.2 Å². The monoisotopic (exact) mass is 455 g/mol. The van der Waals surface area contributed by atoms with Crippen LogP contribution in [0.2, 0.25) is 0 Å². The summed E-state index contributed by atoms with van der Waals surface area (Å²) in [4.78, 5) is 47.6. The molecule has 11 heteroatoms. The van der Waals surface area contributed by atoms with Crippen LogP contribution in [0, 0.1) is 5.41 Å². The third kappa shape index (κ3) is 7.98. The zero-order valence-electron chi connectivity index (χ0n) is 18.0. The van der Waals surface area contributed by atoms with Crippen LogP contribution in [0.4, 0.5) is 10.5 Å². The summed E-state index contributed by atoms with van der Waals surface area (Å²) in [7, 11) is 0. The van der Waals surface area contributed by atoms with E-state index in [4.69, 9.17) is 15.9 Å². The Balaban J connectivity index is 2.03. The van der Waals surface area contributed by atoms with Gasteiger partial charge in [-0.3, -0.25) is 20.3 Å². The average Bonchev–Trinajstić information content (AvgIpc) is 2.73. The van der Waals surface area contributed by atoms with E-state index < -0.39 is 35.9 Å². The molecule has 2 aromatic rings. The van der Waals surface area contributed by atoms with Gasteiger partial charge in [-0.15, -0.1) is 0 Å². The minimum Gasteiger partial charge on any atom is -0.480 e. The van der Waals surface area contributed by atoms with Crippen molar-refractivity contribution in [1.29, 1.82) is 5.41 Å². The van der Waals surface area contributed by atoms with Gasteiger partial charge in [-0.25, -0.2) is 9.59 Å². The fourth-order valence-corrected chi connectivity index (χ4v) is 2.75. The molecule has 0 bridgehead atoms. The quantitative estimate of drug-likeness (QED) is 0.258. The maximum absolute atomic E-state index is 12.5. The number of benzene rings is 2. The second-order valence-electron chi connectivity index (χ2n) is 7.29. The molecule has 0 saturated heterocycles. The fourth-order valence-electron chi connectivity index (χ4n) is 2.75. The van der Waals surface area contributed by atoms with Crippen LogP contribution in [-0.2, 0) is 16.0 Å². The molecular formula is C22H25N5O6. The summed E-state index contributed by atoms with van der Waals surface area (Å²) in [6.07, 6.45) is -1.18. The van der Waals surface area contributed by atoms with Crippen molar-refractivity contribution < 1.29 is 29.0 Å². The van der Waals surface area contributed by atoms with Gasteiger partial charge in [-0.1, -0.05) is 18.2 Å². The minimum atomic E-state index is -1.21. The highest BCUT2D eigenvalue weighted by molar-refractivity contribution is 6.08. The molecule has 0 spiro atoms. The molecule has 0 radical (unpaired) electrons. The van der Waals surface area contributed by atoms with Crippen molar-refractivity contribution in [1.82, 2.24) is 10.6 Å². The van der Waals surface area contributed by atoms with Crippen LogP contribution in [0.3, 0.4) is 0 Å². The Bertz CT molecular complexity index is 1050. The van der Waals surface area contributed by atoms with E-state index in [2.05, 4.69) is 16.0 Å². The third-order valence-corrected chi connectivity index (χ3v) is 4.22. The molecule has 3 amide bonds. The number of aliphatic carboxylic acids is 1. The lowest BCUT2D eigenvalue weighted by atomic mass is 10.1. The lowest BCUT2D eigenvalue weighted by Crippen LogP contribution is -2.43. The van der Waals surface area contributed by atoms with Crippen molar-refractivity contribution in [3.63, 3.8) is 0 Å². The summed E-state index contributed by atoms with van der Waals surface area (Å²) >= 11 is 0. The van der Waals surface area contributed by atoms with Gasteiger partial charge in [0.05, 0.1) is 6.10 Å². The van der Waals surface area contributed by atoms with E-state index in [-0.39, 0.29) is 23.7 Å². The Hall–Kier alpha value is -4.41. The molecule has 1 atom stereocenters. The summed E-state index contributed by atoms with van der Waals surface area (Å²) in [6, 6.07) is 11.1. The molecule has 1 unspecified atom stereocenters. The Morgan fingerprint density at radius 2 is 1.64 bits per heavy atom. The molecule has 0 aliphatic heterocycles. The standard InChI is InChI=1S/C22H25N5O6/c1-12(2)33-22(32)26-17(20(30)31)10-13-6-8-16(9-7-13)25-18(28)14-4-3-5-15(11-14)19(29)27-21(23)24/h3-9,11-12,17H,10H2,1-2H3,(H,25,28)(H,26,32)(H,30,31)(H4,23,24,27,29). The molecule has 0 aliphatic carbocycles. The summed E-state index contributed by atoms with van der Waals surface area (Å²) in [5.74, 6) is -2.80. The molecule has 0 fully saturated rings. The molecule has 0 aromatic heterocycles. The van der Waals surface area contributed by atoms with Gasteiger partial charge in [0.15, 0.2) is 5.96 Å². The number of carboxylic acid groups (broad SMARTS) is 1. The number of guanidine groups is 1. The maximum Gasteiger partial charge on any atom is 0.408 e. The summed E-state index contributed by atoms with van der Waals surface area (Å²) < 4.78 is 4.91. The second kappa shape index (κ2) is 11.3. The van der Waals surface area contributed by atoms with Gasteiger partial charge in [0.1, 0.15) is 6.04 Å². The van der Waals surface area contributed by atoms with E-state index in [1.807, 2.05) is 0 Å². The normalized spacial score (nSPS) is 11.2. The van der Waals surface area contributed by atoms with Crippen LogP contribution >= 0.6 is 0 Å². The molecule has 7 N–H and O–H groups in total. The minimum absolute atomic E-state index is 0.0179. The van der Waals surface area contributed by atoms with E-state index in [1.54, 1.807) is 38.1 Å². The van der Waals surface area contributed by atoms with Crippen molar-refractivity contribution in [3.8, 4) is 0 Å². The highest BCUT2D eigenvalue weighted by Gasteiger charge is 2.21. The number of carbonyl (C=O) groups excluding carboxylic acids is 3. The number of nitrogens with two attached hydrogens (primary N) is 1. The topological polar surface area (TPSA) is 184 Å². The SMILES string of the molecule is CC(C)OC(=O)NC(Cc1ccc(NC(=O)c2cccc(C(=O)NC(=N)N)c2)cc1)C(=O)O. The first-order chi connectivity index (χ1) is 15.5. The van der Waals surface area contributed by atoms with Crippen LogP contribution in [0.25, 0.3) is 0 Å². The number of nitrogens with one attached hydrogen (secondary N) is 4. The highest BCUT2D eigenvalue weighted by atomic mass is 16.6. The van der Waals surface area contributed by atoms with Gasteiger partial charge in [0.2, 0.25) is 0 Å². The van der Waals surface area contributed by atoms with Crippen LogP contribution in [0.1, 0.15) is 40.1 Å². The van der Waals surface area contributed by atoms with E-state index in [0.29, 0.717) is 11.3 Å². The third-order valence-electron chi connectivity index (χ3n) is 4.22. The number of rotatable bonds is 8. The molecule has 2 rings (SSSR count). The molecule has 0 saturated carbocycles. The van der Waals surface area contributed by atoms with E-state index in [0.717, 1.165) is 0 Å². The molecular weight excluding hydrogens is 430 g/mol. The van der Waals surface area contributed by atoms with Gasteiger partial charge in [0.25, 0.3) is 11.8 Å². The number of anilines is 1. The van der Waals surface area contributed by atoms with Crippen LogP contribution in [0.5, 0.6) is 0 Å². The predicted molar refractivity (Wildman–Crippen MR) is 120 cm³/mol. The summed E-state index contributed by atoms with van der Waals surface area (Å²) in [5, 5.41) is 23.6. The first kappa shape index (κ1) is 24.9. The molecule has 0 heterocycles. The zero-order chi connectivity index (χ0) is 24.5. The number of alkyl carbamates (subject to hydrolysis) is 1. The molecule has 174 valence electrons. The van der Waals surface area contributed by atoms with E-state index in [9.17, 15) is 24.3 Å². The van der Waals surface area contributed by atoms with E-state index in [1.165, 1.54) is 24.3 Å². The highest BCUT2D eigenvalue weighted by Crippen LogP contribution is 2.14. The fraction of sp³-hybridized carbons (Fsp3) is 0.227. The summed E-state index contributed by atoms with van der Waals surface area (Å²) in [5.41, 5.74) is 6.59. The Morgan fingerprint density at radius 1 is 1.03 bits per heavy atom. The molecule has 0 aliphatic rings. The van der Waals surface area contributed by atoms with Gasteiger partial charge in [-0.2, -0.15) is 0 Å². The first-order valence-electron chi connectivity index (χ1n) is 9.91. The van der Waals surface area contributed by atoms with Gasteiger partial charge in [-0.05, 0) is 49.7 Å². The van der Waals surface area contributed by atoms with Crippen LogP contribution in [0.15, 0.2) is 48.5 Å². The summed E-state index contributed by atoms with van der Waals surface area (Å²) in [6.45, 7) is 3.30. The molecule has 11 nitrogen and oxygen atoms in total. The first-order valence-corrected chi connectivity index (χ1v) is 9.91. The number of hydrogen-bond acceptors (Lipinski definition) is 6. The Labute approximate surface area is 189 Å². The molecule has 2 aromatic carbocycles.